The highest BCUT2D eigenvalue weighted by Gasteiger charge is 2.17. The van der Waals surface area contributed by atoms with Gasteiger partial charge in [0.15, 0.2) is 0 Å². The van der Waals surface area contributed by atoms with Crippen molar-refractivity contribution in [2.45, 2.75) is 39.0 Å². The highest BCUT2D eigenvalue weighted by atomic mass is 19.1. The van der Waals surface area contributed by atoms with Gasteiger partial charge in [-0.1, -0.05) is 0 Å². The van der Waals surface area contributed by atoms with E-state index in [1.54, 1.807) is 0 Å². The van der Waals surface area contributed by atoms with E-state index in [4.69, 9.17) is 10.5 Å². The number of carbonyl (C=O) groups excluding carboxylic acids is 1. The van der Waals surface area contributed by atoms with Gasteiger partial charge in [0.25, 0.3) is 5.91 Å². The van der Waals surface area contributed by atoms with Gasteiger partial charge in [0, 0.05) is 24.4 Å². The second-order valence-electron chi connectivity index (χ2n) is 6.64. The molecule has 1 aromatic heterocycles. The number of fused-ring (bicyclic) bond motifs is 1. The lowest BCUT2D eigenvalue weighted by Gasteiger charge is -2.12. The zero-order chi connectivity index (χ0) is 19.2. The molecule has 0 saturated heterocycles. The van der Waals surface area contributed by atoms with E-state index >= 15 is 0 Å². The first-order valence-corrected chi connectivity index (χ1v) is 9.34. The van der Waals surface area contributed by atoms with E-state index in [1.165, 1.54) is 23.8 Å². The zero-order valence-electron chi connectivity index (χ0n) is 15.6. The van der Waals surface area contributed by atoms with E-state index in [9.17, 15) is 9.18 Å². The zero-order valence-corrected chi connectivity index (χ0v) is 15.6. The van der Waals surface area contributed by atoms with Crippen LogP contribution in [0.5, 0.6) is 5.75 Å². The van der Waals surface area contributed by atoms with Crippen molar-refractivity contribution in [3.8, 4) is 5.75 Å². The number of carbonyl (C=O) groups is 1. The summed E-state index contributed by atoms with van der Waals surface area (Å²) in [5.74, 6) is 0.220. The van der Waals surface area contributed by atoms with E-state index in [1.807, 2.05) is 6.92 Å². The van der Waals surface area contributed by atoms with Crippen LogP contribution in [0.4, 0.5) is 4.39 Å². The van der Waals surface area contributed by atoms with Crippen molar-refractivity contribution in [2.24, 2.45) is 5.73 Å². The number of nitrogens with two attached hydrogens (primary N) is 1. The second kappa shape index (κ2) is 8.90. The van der Waals surface area contributed by atoms with Gasteiger partial charge in [-0.25, -0.2) is 14.4 Å². The summed E-state index contributed by atoms with van der Waals surface area (Å²) >= 11 is 0. The summed E-state index contributed by atoms with van der Waals surface area (Å²) in [5, 5.41) is 2.80. The molecule has 0 radical (unpaired) electrons. The topological polar surface area (TPSA) is 90.1 Å². The lowest BCUT2D eigenvalue weighted by molar-refractivity contribution is 0.0949. The Kier molecular flexibility index (Phi) is 6.34. The van der Waals surface area contributed by atoms with Crippen LogP contribution in [-0.2, 0) is 19.3 Å². The Labute approximate surface area is 158 Å². The van der Waals surface area contributed by atoms with E-state index in [-0.39, 0.29) is 11.5 Å². The fourth-order valence-electron chi connectivity index (χ4n) is 3.25. The van der Waals surface area contributed by atoms with E-state index in [0.29, 0.717) is 38.3 Å². The average molecular weight is 372 g/mol. The lowest BCUT2D eigenvalue weighted by Crippen LogP contribution is -2.27. The highest BCUT2D eigenvalue weighted by molar-refractivity contribution is 5.96. The number of aryl methyl sites for hydroxylation is 2. The Hall–Kier alpha value is -2.54. The third-order valence-electron chi connectivity index (χ3n) is 4.61. The Morgan fingerprint density at radius 3 is 3.00 bits per heavy atom. The number of nitrogens with one attached hydrogen (secondary N) is 1. The molecule has 1 amide bonds. The molecule has 2 aromatic rings. The molecule has 1 aliphatic carbocycles. The Morgan fingerprint density at radius 1 is 1.33 bits per heavy atom. The third kappa shape index (κ3) is 4.80. The normalized spacial score (nSPS) is 12.7. The maximum atomic E-state index is 13.6. The molecule has 0 saturated carbocycles. The standard InChI is InChI=1S/C20H25FN4O2/c1-13-15-4-2-5-17(15)25-19(24-13)8-10-23-20(26)16-12-14(21)6-7-18(16)27-11-3-9-22/h6-7,12H,2-5,8-11,22H2,1H3,(H,23,26). The van der Waals surface area contributed by atoms with E-state index < -0.39 is 5.82 Å². The second-order valence-corrected chi connectivity index (χ2v) is 6.64. The first-order chi connectivity index (χ1) is 13.1. The molecule has 7 heteroatoms. The minimum Gasteiger partial charge on any atom is -0.493 e. The predicted molar refractivity (Wildman–Crippen MR) is 100 cm³/mol. The summed E-state index contributed by atoms with van der Waals surface area (Å²) < 4.78 is 19.1. The molecule has 1 aliphatic rings. The van der Waals surface area contributed by atoms with Crippen LogP contribution in [-0.4, -0.2) is 35.6 Å². The van der Waals surface area contributed by atoms with Crippen LogP contribution >= 0.6 is 0 Å². The van der Waals surface area contributed by atoms with Crippen molar-refractivity contribution in [3.05, 3.63) is 52.4 Å². The molecule has 0 fully saturated rings. The van der Waals surface area contributed by atoms with Crippen LogP contribution in [0.3, 0.4) is 0 Å². The first kappa shape index (κ1) is 19.2. The quantitative estimate of drug-likeness (QED) is 0.693. The largest absolute Gasteiger partial charge is 0.493 e. The number of hydrogen-bond donors (Lipinski definition) is 2. The number of halogens is 1. The van der Waals surface area contributed by atoms with Gasteiger partial charge in [-0.05, 0) is 62.9 Å². The van der Waals surface area contributed by atoms with Gasteiger partial charge >= 0.3 is 0 Å². The summed E-state index contributed by atoms with van der Waals surface area (Å²) in [5.41, 5.74) is 9.05. The molecule has 0 bridgehead atoms. The van der Waals surface area contributed by atoms with Crippen molar-refractivity contribution in [3.63, 3.8) is 0 Å². The van der Waals surface area contributed by atoms with Crippen molar-refractivity contribution < 1.29 is 13.9 Å². The number of nitrogens with zero attached hydrogens (tertiary/aromatic N) is 2. The van der Waals surface area contributed by atoms with Crippen LogP contribution < -0.4 is 15.8 Å². The smallest absolute Gasteiger partial charge is 0.255 e. The van der Waals surface area contributed by atoms with E-state index in [0.717, 1.165) is 36.5 Å². The molecule has 0 unspecified atom stereocenters. The Bertz CT molecular complexity index is 826. The minimum absolute atomic E-state index is 0.179. The fraction of sp³-hybridized carbons (Fsp3) is 0.450. The molecular weight excluding hydrogens is 347 g/mol. The number of ether oxygens (including phenoxy) is 1. The summed E-state index contributed by atoms with van der Waals surface area (Å²) in [4.78, 5) is 21.6. The number of rotatable bonds is 8. The van der Waals surface area contributed by atoms with Gasteiger partial charge in [-0.2, -0.15) is 0 Å². The first-order valence-electron chi connectivity index (χ1n) is 9.34. The summed E-state index contributed by atoms with van der Waals surface area (Å²) in [7, 11) is 0. The average Bonchev–Trinajstić information content (AvgIpc) is 3.12. The molecule has 0 atom stereocenters. The van der Waals surface area contributed by atoms with Crippen molar-refractivity contribution in [1.82, 2.24) is 15.3 Å². The summed E-state index contributed by atoms with van der Waals surface area (Å²) in [6.07, 6.45) is 4.35. The molecule has 0 spiro atoms. The van der Waals surface area contributed by atoms with E-state index in [2.05, 4.69) is 15.3 Å². The van der Waals surface area contributed by atoms with Crippen LogP contribution in [0.2, 0.25) is 0 Å². The maximum Gasteiger partial charge on any atom is 0.255 e. The molecular formula is C20H25FN4O2. The SMILES string of the molecule is Cc1nc(CCNC(=O)c2cc(F)ccc2OCCCN)nc2c1CCC2. The molecule has 0 aliphatic heterocycles. The minimum atomic E-state index is -0.482. The number of benzene rings is 1. The van der Waals surface area contributed by atoms with Gasteiger partial charge in [-0.15, -0.1) is 0 Å². The molecule has 27 heavy (non-hydrogen) atoms. The maximum absolute atomic E-state index is 13.6. The molecule has 3 rings (SSSR count). The number of amides is 1. The molecule has 6 nitrogen and oxygen atoms in total. The monoisotopic (exact) mass is 372 g/mol. The van der Waals surface area contributed by atoms with Crippen molar-refractivity contribution in [2.75, 3.05) is 19.7 Å². The molecule has 1 heterocycles. The summed E-state index contributed by atoms with van der Waals surface area (Å²) in [6, 6.07) is 3.92. The van der Waals surface area contributed by atoms with Gasteiger partial charge in [0.2, 0.25) is 0 Å². The summed E-state index contributed by atoms with van der Waals surface area (Å²) in [6.45, 7) is 3.25. The Balaban J connectivity index is 1.61. The fourth-order valence-corrected chi connectivity index (χ4v) is 3.25. The Morgan fingerprint density at radius 2 is 2.19 bits per heavy atom. The third-order valence-corrected chi connectivity index (χ3v) is 4.61. The van der Waals surface area contributed by atoms with Crippen LogP contribution in [0.1, 0.15) is 46.0 Å². The number of hydrogen-bond acceptors (Lipinski definition) is 5. The van der Waals surface area contributed by atoms with Crippen LogP contribution in [0.25, 0.3) is 0 Å². The predicted octanol–water partition coefficient (Wildman–Crippen LogP) is 2.11. The van der Waals surface area contributed by atoms with Crippen LogP contribution in [0, 0.1) is 12.7 Å². The van der Waals surface area contributed by atoms with Gasteiger partial charge in [-0.3, -0.25) is 4.79 Å². The van der Waals surface area contributed by atoms with Gasteiger partial charge in [0.05, 0.1) is 12.2 Å². The van der Waals surface area contributed by atoms with Gasteiger partial charge in [0.1, 0.15) is 17.4 Å². The van der Waals surface area contributed by atoms with Crippen molar-refractivity contribution >= 4 is 5.91 Å². The van der Waals surface area contributed by atoms with Crippen LogP contribution in [0.15, 0.2) is 18.2 Å². The molecule has 1 aromatic carbocycles. The number of aromatic nitrogens is 2. The van der Waals surface area contributed by atoms with Gasteiger partial charge < -0.3 is 15.8 Å². The molecule has 144 valence electrons. The lowest BCUT2D eigenvalue weighted by atomic mass is 10.1. The highest BCUT2D eigenvalue weighted by Crippen LogP contribution is 2.22. The van der Waals surface area contributed by atoms with Crippen molar-refractivity contribution in [1.29, 1.82) is 0 Å². The molecule has 3 N–H and O–H groups in total.